The highest BCUT2D eigenvalue weighted by atomic mass is 35.5. The molecule has 1 aromatic heterocycles. The van der Waals surface area contributed by atoms with Gasteiger partial charge in [-0.1, -0.05) is 59.6 Å². The van der Waals surface area contributed by atoms with Gasteiger partial charge in [0.25, 0.3) is 0 Å². The first-order chi connectivity index (χ1) is 16.0. The van der Waals surface area contributed by atoms with Crippen molar-refractivity contribution in [2.24, 2.45) is 5.10 Å². The molecule has 7 heteroatoms. The van der Waals surface area contributed by atoms with E-state index in [4.69, 9.17) is 25.5 Å². The molecule has 0 bridgehead atoms. The van der Waals surface area contributed by atoms with Crippen LogP contribution in [0.15, 0.2) is 76.2 Å². The summed E-state index contributed by atoms with van der Waals surface area (Å²) in [5.74, 6) is 0.697. The van der Waals surface area contributed by atoms with Crippen LogP contribution in [0.2, 0.25) is 5.02 Å². The van der Waals surface area contributed by atoms with Crippen LogP contribution in [0.4, 0.5) is 0 Å². The SMILES string of the molecule is CCOc1cc(/C=N/NC(=O)c2cc3ccccc3o2)cc(Cl)c1OCc1ccc(C)cc1. The zero-order valence-electron chi connectivity index (χ0n) is 18.3. The Bertz CT molecular complexity index is 1260. The highest BCUT2D eigenvalue weighted by Gasteiger charge is 2.14. The maximum absolute atomic E-state index is 12.3. The molecule has 4 aromatic rings. The summed E-state index contributed by atoms with van der Waals surface area (Å²) in [5, 5.41) is 5.26. The number of para-hydroxylation sites is 1. The largest absolute Gasteiger partial charge is 0.490 e. The highest BCUT2D eigenvalue weighted by molar-refractivity contribution is 6.32. The molecule has 0 unspecified atom stereocenters. The summed E-state index contributed by atoms with van der Waals surface area (Å²) >= 11 is 6.48. The number of hydrogen-bond donors (Lipinski definition) is 1. The van der Waals surface area contributed by atoms with E-state index in [9.17, 15) is 4.79 Å². The first-order valence-corrected chi connectivity index (χ1v) is 10.9. The zero-order valence-corrected chi connectivity index (χ0v) is 19.1. The van der Waals surface area contributed by atoms with Crippen LogP contribution in [0.25, 0.3) is 11.0 Å². The van der Waals surface area contributed by atoms with Crippen LogP contribution >= 0.6 is 11.6 Å². The Labute approximate surface area is 196 Å². The van der Waals surface area contributed by atoms with Crippen molar-refractivity contribution in [1.29, 1.82) is 0 Å². The van der Waals surface area contributed by atoms with Gasteiger partial charge in [0, 0.05) is 5.39 Å². The summed E-state index contributed by atoms with van der Waals surface area (Å²) in [6.07, 6.45) is 1.48. The van der Waals surface area contributed by atoms with E-state index >= 15 is 0 Å². The Balaban J connectivity index is 1.46. The lowest BCUT2D eigenvalue weighted by molar-refractivity contribution is 0.0929. The normalized spacial score (nSPS) is 11.1. The summed E-state index contributed by atoms with van der Waals surface area (Å²) < 4.78 is 17.2. The number of aryl methyl sites for hydroxylation is 1. The molecule has 3 aromatic carbocycles. The third-order valence-corrected chi connectivity index (χ3v) is 5.15. The van der Waals surface area contributed by atoms with Gasteiger partial charge in [-0.3, -0.25) is 4.79 Å². The van der Waals surface area contributed by atoms with Crippen LogP contribution in [-0.4, -0.2) is 18.7 Å². The van der Waals surface area contributed by atoms with Gasteiger partial charge in [-0.25, -0.2) is 5.43 Å². The number of hydrazone groups is 1. The van der Waals surface area contributed by atoms with Gasteiger partial charge in [-0.05, 0) is 49.2 Å². The Hall–Kier alpha value is -3.77. The summed E-state index contributed by atoms with van der Waals surface area (Å²) in [6.45, 7) is 4.72. The molecule has 33 heavy (non-hydrogen) atoms. The quantitative estimate of drug-likeness (QED) is 0.252. The number of benzene rings is 3. The van der Waals surface area contributed by atoms with Crippen molar-refractivity contribution in [3.05, 3.63) is 94.2 Å². The van der Waals surface area contributed by atoms with Gasteiger partial charge in [-0.15, -0.1) is 0 Å². The minimum Gasteiger partial charge on any atom is -0.490 e. The monoisotopic (exact) mass is 462 g/mol. The Morgan fingerprint density at radius 1 is 1.09 bits per heavy atom. The molecule has 1 heterocycles. The maximum atomic E-state index is 12.3. The summed E-state index contributed by atoms with van der Waals surface area (Å²) in [7, 11) is 0. The second-order valence-electron chi connectivity index (χ2n) is 7.38. The molecule has 0 aliphatic rings. The van der Waals surface area contributed by atoms with E-state index in [-0.39, 0.29) is 5.76 Å². The third-order valence-electron chi connectivity index (χ3n) is 4.86. The van der Waals surface area contributed by atoms with E-state index in [2.05, 4.69) is 10.5 Å². The molecule has 0 fully saturated rings. The van der Waals surface area contributed by atoms with E-state index in [0.29, 0.717) is 40.9 Å². The van der Waals surface area contributed by atoms with E-state index in [0.717, 1.165) is 10.9 Å². The molecule has 1 amide bonds. The number of rotatable bonds is 8. The zero-order chi connectivity index (χ0) is 23.2. The van der Waals surface area contributed by atoms with Crippen LogP contribution in [0.5, 0.6) is 11.5 Å². The fraction of sp³-hybridized carbons (Fsp3) is 0.154. The van der Waals surface area contributed by atoms with Gasteiger partial charge >= 0.3 is 5.91 Å². The molecule has 4 rings (SSSR count). The number of carbonyl (C=O) groups is 1. The van der Waals surface area contributed by atoms with Crippen molar-refractivity contribution in [3.63, 3.8) is 0 Å². The predicted molar refractivity (Wildman–Crippen MR) is 129 cm³/mol. The lowest BCUT2D eigenvalue weighted by Crippen LogP contribution is -2.16. The van der Waals surface area contributed by atoms with Crippen molar-refractivity contribution >= 4 is 34.7 Å². The standard InChI is InChI=1S/C26H23ClN2O4/c1-3-31-23-13-19(12-21(27)25(23)32-16-18-10-8-17(2)9-11-18)15-28-29-26(30)24-14-20-6-4-5-7-22(20)33-24/h4-15H,3,16H2,1-2H3,(H,29,30)/b28-15+. The molecule has 0 saturated carbocycles. The Kier molecular flexibility index (Phi) is 6.95. The second kappa shape index (κ2) is 10.2. The molecule has 0 aliphatic heterocycles. The van der Waals surface area contributed by atoms with Crippen molar-refractivity contribution in [3.8, 4) is 11.5 Å². The minimum atomic E-state index is -0.448. The van der Waals surface area contributed by atoms with E-state index in [1.165, 1.54) is 11.8 Å². The van der Waals surface area contributed by atoms with Gasteiger partial charge in [0.15, 0.2) is 17.3 Å². The molecule has 168 valence electrons. The fourth-order valence-corrected chi connectivity index (χ4v) is 3.49. The summed E-state index contributed by atoms with van der Waals surface area (Å²) in [5.41, 5.74) is 5.96. The maximum Gasteiger partial charge on any atom is 0.307 e. The molecule has 0 atom stereocenters. The summed E-state index contributed by atoms with van der Waals surface area (Å²) in [4.78, 5) is 12.3. The average Bonchev–Trinajstić information content (AvgIpc) is 3.24. The van der Waals surface area contributed by atoms with Crippen LogP contribution in [0.3, 0.4) is 0 Å². The molecule has 0 radical (unpaired) electrons. The van der Waals surface area contributed by atoms with E-state index in [1.807, 2.05) is 56.3 Å². The van der Waals surface area contributed by atoms with Gasteiger partial charge in [0.1, 0.15) is 12.2 Å². The van der Waals surface area contributed by atoms with Gasteiger partial charge in [0.2, 0.25) is 0 Å². The second-order valence-corrected chi connectivity index (χ2v) is 7.79. The van der Waals surface area contributed by atoms with Crippen molar-refractivity contribution in [1.82, 2.24) is 5.43 Å². The number of nitrogens with zero attached hydrogens (tertiary/aromatic N) is 1. The van der Waals surface area contributed by atoms with E-state index < -0.39 is 5.91 Å². The van der Waals surface area contributed by atoms with Crippen molar-refractivity contribution in [2.75, 3.05) is 6.61 Å². The molecule has 0 saturated heterocycles. The third kappa shape index (κ3) is 5.54. The number of nitrogens with one attached hydrogen (secondary N) is 1. The molecular weight excluding hydrogens is 440 g/mol. The number of hydrogen-bond acceptors (Lipinski definition) is 5. The first-order valence-electron chi connectivity index (χ1n) is 10.5. The smallest absolute Gasteiger partial charge is 0.307 e. The van der Waals surface area contributed by atoms with Crippen LogP contribution in [-0.2, 0) is 6.61 Å². The molecule has 1 N–H and O–H groups in total. The summed E-state index contributed by atoms with van der Waals surface area (Å²) in [6, 6.07) is 20.6. The van der Waals surface area contributed by atoms with Crippen LogP contribution in [0, 0.1) is 6.92 Å². The van der Waals surface area contributed by atoms with Crippen LogP contribution in [0.1, 0.15) is 34.2 Å². The van der Waals surface area contributed by atoms with E-state index in [1.54, 1.807) is 24.3 Å². The molecule has 0 aliphatic carbocycles. The Morgan fingerprint density at radius 3 is 2.64 bits per heavy atom. The van der Waals surface area contributed by atoms with Crippen LogP contribution < -0.4 is 14.9 Å². The number of carbonyl (C=O) groups excluding carboxylic acids is 1. The highest BCUT2D eigenvalue weighted by Crippen LogP contribution is 2.37. The first kappa shape index (κ1) is 22.4. The minimum absolute atomic E-state index is 0.182. The number of furan rings is 1. The number of halogens is 1. The molecular formula is C26H23ClN2O4. The molecule has 6 nitrogen and oxygen atoms in total. The Morgan fingerprint density at radius 2 is 1.88 bits per heavy atom. The number of ether oxygens (including phenoxy) is 2. The number of amides is 1. The average molecular weight is 463 g/mol. The van der Waals surface area contributed by atoms with Crippen molar-refractivity contribution < 1.29 is 18.7 Å². The van der Waals surface area contributed by atoms with Crippen molar-refractivity contribution in [2.45, 2.75) is 20.5 Å². The lowest BCUT2D eigenvalue weighted by Gasteiger charge is -2.14. The number of fused-ring (bicyclic) bond motifs is 1. The van der Waals surface area contributed by atoms with Gasteiger partial charge in [-0.2, -0.15) is 5.10 Å². The topological polar surface area (TPSA) is 73.1 Å². The van der Waals surface area contributed by atoms with Gasteiger partial charge in [0.05, 0.1) is 17.8 Å². The molecule has 0 spiro atoms. The van der Waals surface area contributed by atoms with Gasteiger partial charge < -0.3 is 13.9 Å². The fourth-order valence-electron chi connectivity index (χ4n) is 3.22. The predicted octanol–water partition coefficient (Wildman–Crippen LogP) is 6.14. The lowest BCUT2D eigenvalue weighted by atomic mass is 10.1.